The fraction of sp³-hybridized carbons (Fsp3) is 0.571. The van der Waals surface area contributed by atoms with Crippen LogP contribution in [-0.2, 0) is 10.2 Å². The number of aryl methyl sites for hydroxylation is 1. The first kappa shape index (κ1) is 20.9. The van der Waals surface area contributed by atoms with Crippen LogP contribution < -0.4 is 10.6 Å². The van der Waals surface area contributed by atoms with E-state index in [1.165, 1.54) is 4.88 Å². The molecule has 2 aromatic heterocycles. The van der Waals surface area contributed by atoms with E-state index in [4.69, 9.17) is 9.15 Å². The lowest BCUT2D eigenvalue weighted by molar-refractivity contribution is 0.0124. The second-order valence-corrected chi connectivity index (χ2v) is 8.73. The van der Waals surface area contributed by atoms with Crippen LogP contribution in [-0.4, -0.2) is 57.3 Å². The molecular formula is C21H32N4O2S. The Labute approximate surface area is 172 Å². The highest BCUT2D eigenvalue weighted by Gasteiger charge is 2.26. The SMILES string of the molecule is CN=C(NCC(c1ccc(C)o1)N1CCOCC1)NCC(C)(C)c1cccs1. The molecule has 1 fully saturated rings. The summed E-state index contributed by atoms with van der Waals surface area (Å²) in [4.78, 5) is 8.19. The van der Waals surface area contributed by atoms with Gasteiger partial charge < -0.3 is 19.8 Å². The molecule has 0 amide bonds. The lowest BCUT2D eigenvalue weighted by Gasteiger charge is -2.34. The first-order chi connectivity index (χ1) is 13.5. The second-order valence-electron chi connectivity index (χ2n) is 7.78. The maximum absolute atomic E-state index is 5.95. The zero-order valence-corrected chi connectivity index (χ0v) is 18.1. The Bertz CT molecular complexity index is 748. The number of ether oxygens (including phenoxy) is 1. The van der Waals surface area contributed by atoms with Gasteiger partial charge in [0.15, 0.2) is 5.96 Å². The van der Waals surface area contributed by atoms with Crippen molar-refractivity contribution >= 4 is 17.3 Å². The molecule has 1 saturated heterocycles. The van der Waals surface area contributed by atoms with E-state index in [2.05, 4.69) is 58.0 Å². The molecule has 1 atom stereocenters. The van der Waals surface area contributed by atoms with Crippen LogP contribution in [0.15, 0.2) is 39.1 Å². The molecule has 0 aromatic carbocycles. The van der Waals surface area contributed by atoms with Crippen LogP contribution in [0.4, 0.5) is 0 Å². The van der Waals surface area contributed by atoms with Crippen molar-refractivity contribution in [3.63, 3.8) is 0 Å². The third-order valence-corrected chi connectivity index (χ3v) is 6.38. The largest absolute Gasteiger partial charge is 0.465 e. The average Bonchev–Trinajstić information content (AvgIpc) is 3.38. The van der Waals surface area contributed by atoms with E-state index in [1.807, 2.05) is 20.0 Å². The van der Waals surface area contributed by atoms with Gasteiger partial charge in [-0.15, -0.1) is 11.3 Å². The molecule has 2 aromatic rings. The molecule has 0 saturated carbocycles. The number of nitrogens with zero attached hydrogens (tertiary/aromatic N) is 2. The van der Waals surface area contributed by atoms with Gasteiger partial charge >= 0.3 is 0 Å². The Morgan fingerprint density at radius 3 is 2.64 bits per heavy atom. The van der Waals surface area contributed by atoms with Crippen molar-refractivity contribution in [3.05, 3.63) is 46.0 Å². The summed E-state index contributed by atoms with van der Waals surface area (Å²) in [7, 11) is 1.81. The van der Waals surface area contributed by atoms with Gasteiger partial charge in [-0.25, -0.2) is 0 Å². The van der Waals surface area contributed by atoms with Crippen molar-refractivity contribution in [2.45, 2.75) is 32.2 Å². The van der Waals surface area contributed by atoms with E-state index in [1.54, 1.807) is 11.3 Å². The Hall–Kier alpha value is -1.83. The van der Waals surface area contributed by atoms with Gasteiger partial charge in [0.2, 0.25) is 0 Å². The quantitative estimate of drug-likeness (QED) is 0.548. The van der Waals surface area contributed by atoms with Gasteiger partial charge in [0, 0.05) is 43.5 Å². The number of hydrogen-bond acceptors (Lipinski definition) is 5. The molecule has 3 heterocycles. The molecule has 0 radical (unpaired) electrons. The summed E-state index contributed by atoms with van der Waals surface area (Å²) in [6.07, 6.45) is 0. The summed E-state index contributed by atoms with van der Waals surface area (Å²) in [5.74, 6) is 2.74. The molecule has 1 aliphatic rings. The monoisotopic (exact) mass is 404 g/mol. The van der Waals surface area contributed by atoms with Crippen LogP contribution in [0, 0.1) is 6.92 Å². The highest BCUT2D eigenvalue weighted by atomic mass is 32.1. The summed E-state index contributed by atoms with van der Waals surface area (Å²) in [5.41, 5.74) is 0.0491. The third kappa shape index (κ3) is 5.37. The molecule has 3 rings (SSSR count). The maximum atomic E-state index is 5.95. The Balaban J connectivity index is 1.60. The maximum Gasteiger partial charge on any atom is 0.191 e. The van der Waals surface area contributed by atoms with Crippen LogP contribution >= 0.6 is 11.3 Å². The van der Waals surface area contributed by atoms with Crippen LogP contribution in [0.3, 0.4) is 0 Å². The number of thiophene rings is 1. The lowest BCUT2D eigenvalue weighted by atomic mass is 9.91. The predicted octanol–water partition coefficient (Wildman–Crippen LogP) is 3.17. The molecule has 0 bridgehead atoms. The molecule has 0 aliphatic carbocycles. The van der Waals surface area contributed by atoms with Crippen molar-refractivity contribution < 1.29 is 9.15 Å². The number of rotatable bonds is 7. The second kappa shape index (κ2) is 9.58. The van der Waals surface area contributed by atoms with Crippen molar-refractivity contribution in [2.24, 2.45) is 4.99 Å². The van der Waals surface area contributed by atoms with E-state index < -0.39 is 0 Å². The summed E-state index contributed by atoms with van der Waals surface area (Å²) < 4.78 is 11.5. The van der Waals surface area contributed by atoms with Gasteiger partial charge in [0.1, 0.15) is 11.5 Å². The minimum absolute atomic E-state index is 0.0491. The van der Waals surface area contributed by atoms with E-state index >= 15 is 0 Å². The third-order valence-electron chi connectivity index (χ3n) is 5.15. The lowest BCUT2D eigenvalue weighted by Crippen LogP contribution is -2.48. The van der Waals surface area contributed by atoms with Crippen LogP contribution in [0.25, 0.3) is 0 Å². The fourth-order valence-corrected chi connectivity index (χ4v) is 4.25. The number of furan rings is 1. The van der Waals surface area contributed by atoms with Crippen molar-refractivity contribution in [2.75, 3.05) is 46.4 Å². The number of hydrogen-bond donors (Lipinski definition) is 2. The van der Waals surface area contributed by atoms with E-state index in [0.717, 1.165) is 56.9 Å². The van der Waals surface area contributed by atoms with E-state index in [0.29, 0.717) is 0 Å². The number of morpholine rings is 1. The van der Waals surface area contributed by atoms with Gasteiger partial charge in [0.05, 0.1) is 19.3 Å². The summed E-state index contributed by atoms with van der Waals surface area (Å²) >= 11 is 1.79. The first-order valence-corrected chi connectivity index (χ1v) is 10.7. The fourth-order valence-electron chi connectivity index (χ4n) is 3.40. The molecular weight excluding hydrogens is 372 g/mol. The highest BCUT2D eigenvalue weighted by molar-refractivity contribution is 7.10. The minimum atomic E-state index is 0.0491. The average molecular weight is 405 g/mol. The Morgan fingerprint density at radius 1 is 1.25 bits per heavy atom. The Morgan fingerprint density at radius 2 is 2.04 bits per heavy atom. The Kier molecular flexibility index (Phi) is 7.15. The topological polar surface area (TPSA) is 62.0 Å². The summed E-state index contributed by atoms with van der Waals surface area (Å²) in [5, 5.41) is 9.10. The van der Waals surface area contributed by atoms with E-state index in [-0.39, 0.29) is 11.5 Å². The van der Waals surface area contributed by atoms with Gasteiger partial charge in [-0.1, -0.05) is 19.9 Å². The molecule has 154 valence electrons. The van der Waals surface area contributed by atoms with Crippen LogP contribution in [0.2, 0.25) is 0 Å². The van der Waals surface area contributed by atoms with Gasteiger partial charge in [0.25, 0.3) is 0 Å². The smallest absolute Gasteiger partial charge is 0.191 e. The van der Waals surface area contributed by atoms with Crippen LogP contribution in [0.1, 0.15) is 36.3 Å². The molecule has 1 unspecified atom stereocenters. The van der Waals surface area contributed by atoms with Crippen LogP contribution in [0.5, 0.6) is 0 Å². The normalized spacial score (nSPS) is 17.5. The number of aliphatic imine (C=N–C) groups is 1. The molecule has 7 heteroatoms. The molecule has 2 N–H and O–H groups in total. The first-order valence-electron chi connectivity index (χ1n) is 9.86. The van der Waals surface area contributed by atoms with Gasteiger partial charge in [-0.3, -0.25) is 9.89 Å². The van der Waals surface area contributed by atoms with Gasteiger partial charge in [-0.05, 0) is 30.5 Å². The molecule has 0 spiro atoms. The van der Waals surface area contributed by atoms with Crippen molar-refractivity contribution in [3.8, 4) is 0 Å². The number of nitrogens with one attached hydrogen (secondary N) is 2. The minimum Gasteiger partial charge on any atom is -0.465 e. The zero-order valence-electron chi connectivity index (χ0n) is 17.3. The van der Waals surface area contributed by atoms with Gasteiger partial charge in [-0.2, -0.15) is 0 Å². The standard InChI is InChI=1S/C21H32N4O2S/c1-16-7-8-18(27-16)17(25-9-11-26-12-10-25)14-23-20(22-4)24-15-21(2,3)19-6-5-13-28-19/h5-8,13,17H,9-12,14-15H2,1-4H3,(H2,22,23,24). The highest BCUT2D eigenvalue weighted by Crippen LogP contribution is 2.26. The molecule has 6 nitrogen and oxygen atoms in total. The molecule has 1 aliphatic heterocycles. The zero-order chi connectivity index (χ0) is 20.0. The van der Waals surface area contributed by atoms with Crippen molar-refractivity contribution in [1.82, 2.24) is 15.5 Å². The van der Waals surface area contributed by atoms with E-state index in [9.17, 15) is 0 Å². The summed E-state index contributed by atoms with van der Waals surface area (Å²) in [6.45, 7) is 11.4. The summed E-state index contributed by atoms with van der Waals surface area (Å²) in [6, 6.07) is 8.55. The van der Waals surface area contributed by atoms with Crippen molar-refractivity contribution in [1.29, 1.82) is 0 Å². The molecule has 28 heavy (non-hydrogen) atoms. The predicted molar refractivity (Wildman–Crippen MR) is 115 cm³/mol. The number of guanidine groups is 1.